The summed E-state index contributed by atoms with van der Waals surface area (Å²) in [6, 6.07) is 11.3. The number of hydrogen-bond donors (Lipinski definition) is 1. The zero-order valence-corrected chi connectivity index (χ0v) is 13.8. The maximum atomic E-state index is 12.7. The maximum absolute atomic E-state index is 12.7. The monoisotopic (exact) mass is 352 g/mol. The molecule has 0 spiro atoms. The van der Waals surface area contributed by atoms with E-state index in [0.29, 0.717) is 11.0 Å². The molecule has 0 atom stereocenters. The Morgan fingerprint density at radius 1 is 1.27 bits per heavy atom. The van der Waals surface area contributed by atoms with Crippen LogP contribution in [0.15, 0.2) is 47.3 Å². The van der Waals surface area contributed by atoms with E-state index in [0.717, 1.165) is 6.07 Å². The van der Waals surface area contributed by atoms with Gasteiger partial charge in [0.1, 0.15) is 5.75 Å². The molecule has 0 saturated carbocycles. The number of para-hydroxylation sites is 1. The SMILES string of the molecule is C=c1[nH]n(-c2ccccc2)c(=O)c1=Cc1cc(OC)c([O-])c([N+](=O)[O-])c1. The molecule has 1 heterocycles. The number of benzene rings is 2. The molecule has 0 radical (unpaired) electrons. The molecule has 0 amide bonds. The predicted octanol–water partition coefficient (Wildman–Crippen LogP) is 0.395. The number of methoxy groups -OCH3 is 1. The molecular weight excluding hydrogens is 338 g/mol. The molecule has 8 nitrogen and oxygen atoms in total. The van der Waals surface area contributed by atoms with Crippen molar-refractivity contribution >= 4 is 18.3 Å². The number of nitro benzene ring substituents is 1. The molecular formula is C18H14N3O5-. The number of H-pyrrole nitrogens is 1. The van der Waals surface area contributed by atoms with Crippen molar-refractivity contribution in [3.63, 3.8) is 0 Å². The summed E-state index contributed by atoms with van der Waals surface area (Å²) in [6.07, 6.45) is 1.43. The normalized spacial score (nSPS) is 11.5. The first-order chi connectivity index (χ1) is 12.4. The summed E-state index contributed by atoms with van der Waals surface area (Å²) >= 11 is 0. The Morgan fingerprint density at radius 3 is 2.58 bits per heavy atom. The van der Waals surface area contributed by atoms with Crippen molar-refractivity contribution in [2.24, 2.45) is 0 Å². The van der Waals surface area contributed by atoms with Gasteiger partial charge in [-0.1, -0.05) is 24.8 Å². The number of aromatic nitrogens is 2. The summed E-state index contributed by atoms with van der Waals surface area (Å²) in [5.41, 5.74) is -0.0796. The molecule has 0 aliphatic carbocycles. The Kier molecular flexibility index (Phi) is 4.32. The zero-order chi connectivity index (χ0) is 18.8. The van der Waals surface area contributed by atoms with Crippen LogP contribution in [-0.2, 0) is 0 Å². The minimum atomic E-state index is -0.819. The van der Waals surface area contributed by atoms with E-state index >= 15 is 0 Å². The number of rotatable bonds is 4. The molecule has 3 aromatic rings. The minimum Gasteiger partial charge on any atom is -0.865 e. The molecule has 1 N–H and O–H groups in total. The van der Waals surface area contributed by atoms with E-state index in [4.69, 9.17) is 4.74 Å². The second kappa shape index (κ2) is 6.60. The van der Waals surface area contributed by atoms with Crippen LogP contribution >= 0.6 is 0 Å². The lowest BCUT2D eigenvalue weighted by atomic mass is 10.1. The van der Waals surface area contributed by atoms with E-state index in [1.165, 1.54) is 23.9 Å². The molecule has 132 valence electrons. The van der Waals surface area contributed by atoms with E-state index < -0.39 is 16.4 Å². The highest BCUT2D eigenvalue weighted by Crippen LogP contribution is 2.34. The molecule has 0 fully saturated rings. The van der Waals surface area contributed by atoms with Gasteiger partial charge in [-0.05, 0) is 29.8 Å². The van der Waals surface area contributed by atoms with E-state index in [1.807, 2.05) is 6.07 Å². The molecule has 0 bridgehead atoms. The van der Waals surface area contributed by atoms with Crippen molar-refractivity contribution < 1.29 is 14.8 Å². The molecule has 0 aliphatic rings. The Morgan fingerprint density at radius 2 is 1.96 bits per heavy atom. The summed E-state index contributed by atoms with van der Waals surface area (Å²) in [6.45, 7) is 3.81. The van der Waals surface area contributed by atoms with Crippen LogP contribution in [0, 0.1) is 10.1 Å². The number of hydrogen-bond acceptors (Lipinski definition) is 5. The molecule has 0 aliphatic heterocycles. The highest BCUT2D eigenvalue weighted by atomic mass is 16.6. The zero-order valence-electron chi connectivity index (χ0n) is 13.8. The van der Waals surface area contributed by atoms with Crippen LogP contribution in [0.5, 0.6) is 11.5 Å². The summed E-state index contributed by atoms with van der Waals surface area (Å²) < 4.78 is 6.23. The van der Waals surface area contributed by atoms with Crippen molar-refractivity contribution in [3.05, 3.63) is 79.1 Å². The molecule has 26 heavy (non-hydrogen) atoms. The van der Waals surface area contributed by atoms with Gasteiger partial charge >= 0.3 is 0 Å². The number of ether oxygens (including phenoxy) is 1. The van der Waals surface area contributed by atoms with Gasteiger partial charge in [0, 0.05) is 11.8 Å². The lowest BCUT2D eigenvalue weighted by molar-refractivity contribution is -0.398. The van der Waals surface area contributed by atoms with Crippen molar-refractivity contribution in [2.75, 3.05) is 7.11 Å². The van der Waals surface area contributed by atoms with Crippen LogP contribution in [0.2, 0.25) is 0 Å². The van der Waals surface area contributed by atoms with Gasteiger partial charge in [0.2, 0.25) is 0 Å². The average molecular weight is 352 g/mol. The van der Waals surface area contributed by atoms with Gasteiger partial charge in [-0.2, -0.15) is 0 Å². The Hall–Kier alpha value is -3.81. The van der Waals surface area contributed by atoms with Crippen LogP contribution in [0.1, 0.15) is 5.56 Å². The van der Waals surface area contributed by atoms with Crippen LogP contribution in [0.25, 0.3) is 18.3 Å². The second-order valence-electron chi connectivity index (χ2n) is 5.45. The number of nitrogens with one attached hydrogen (secondary N) is 1. The minimum absolute atomic E-state index is 0.171. The highest BCUT2D eigenvalue weighted by Gasteiger charge is 2.13. The van der Waals surface area contributed by atoms with Gasteiger partial charge in [0.15, 0.2) is 0 Å². The van der Waals surface area contributed by atoms with E-state index in [9.17, 15) is 20.0 Å². The molecule has 2 aromatic carbocycles. The molecule has 8 heteroatoms. The lowest BCUT2D eigenvalue weighted by Crippen LogP contribution is -2.33. The Bertz CT molecular complexity index is 1150. The first-order valence-electron chi connectivity index (χ1n) is 7.53. The molecule has 3 rings (SSSR count). The first kappa shape index (κ1) is 17.0. The lowest BCUT2D eigenvalue weighted by Gasteiger charge is -2.13. The van der Waals surface area contributed by atoms with Crippen molar-refractivity contribution in [1.29, 1.82) is 0 Å². The van der Waals surface area contributed by atoms with Gasteiger partial charge in [-0.25, -0.2) is 4.68 Å². The predicted molar refractivity (Wildman–Crippen MR) is 93.8 cm³/mol. The van der Waals surface area contributed by atoms with Gasteiger partial charge < -0.3 is 9.84 Å². The van der Waals surface area contributed by atoms with E-state index in [-0.39, 0.29) is 22.1 Å². The van der Waals surface area contributed by atoms with Gasteiger partial charge in [-0.3, -0.25) is 20.0 Å². The standard InChI is InChI=1S/C18H15N3O5/c1-11-14(18(23)20(19-11)13-6-4-3-5-7-13)8-12-9-15(21(24)25)17(22)16(10-12)26-2/h3-10,19,22H,1H2,2H3/p-1. The summed E-state index contributed by atoms with van der Waals surface area (Å²) in [5, 5.41) is 26.4. The third kappa shape index (κ3) is 2.95. The topological polar surface area (TPSA) is 113 Å². The average Bonchev–Trinajstić information content (AvgIpc) is 2.91. The number of nitrogens with zero attached hydrogens (tertiary/aromatic N) is 2. The van der Waals surface area contributed by atoms with Crippen LogP contribution in [-0.4, -0.2) is 21.8 Å². The molecule has 0 saturated heterocycles. The van der Waals surface area contributed by atoms with Crippen LogP contribution in [0.3, 0.4) is 0 Å². The fraction of sp³-hybridized carbons (Fsp3) is 0.0556. The van der Waals surface area contributed by atoms with Gasteiger partial charge in [0.05, 0.1) is 28.3 Å². The third-order valence-electron chi connectivity index (χ3n) is 3.80. The van der Waals surface area contributed by atoms with Crippen LogP contribution < -0.4 is 26.0 Å². The number of nitro groups is 1. The number of aromatic amines is 1. The molecule has 0 unspecified atom stereocenters. The van der Waals surface area contributed by atoms with Gasteiger partial charge in [0.25, 0.3) is 11.2 Å². The largest absolute Gasteiger partial charge is 0.865 e. The van der Waals surface area contributed by atoms with Crippen molar-refractivity contribution in [3.8, 4) is 17.2 Å². The second-order valence-corrected chi connectivity index (χ2v) is 5.45. The van der Waals surface area contributed by atoms with E-state index in [1.54, 1.807) is 24.3 Å². The fourth-order valence-electron chi connectivity index (χ4n) is 2.55. The third-order valence-corrected chi connectivity index (χ3v) is 3.80. The maximum Gasteiger partial charge on any atom is 0.279 e. The highest BCUT2D eigenvalue weighted by molar-refractivity contribution is 5.63. The van der Waals surface area contributed by atoms with Crippen molar-refractivity contribution in [1.82, 2.24) is 9.78 Å². The summed E-state index contributed by atoms with van der Waals surface area (Å²) in [5.74, 6) is -0.991. The smallest absolute Gasteiger partial charge is 0.279 e. The molecule has 1 aromatic heterocycles. The van der Waals surface area contributed by atoms with Crippen LogP contribution in [0.4, 0.5) is 5.69 Å². The first-order valence-corrected chi connectivity index (χ1v) is 7.53. The summed E-state index contributed by atoms with van der Waals surface area (Å²) in [7, 11) is 1.25. The van der Waals surface area contributed by atoms with Gasteiger partial charge in [-0.15, -0.1) is 0 Å². The fourth-order valence-corrected chi connectivity index (χ4v) is 2.55. The quantitative estimate of drug-likeness (QED) is 0.539. The van der Waals surface area contributed by atoms with Crippen molar-refractivity contribution in [2.45, 2.75) is 0 Å². The Labute approximate surface area is 147 Å². The summed E-state index contributed by atoms with van der Waals surface area (Å²) in [4.78, 5) is 23.0. The Balaban J connectivity index is 2.23. The van der Waals surface area contributed by atoms with E-state index in [2.05, 4.69) is 11.7 Å².